The Hall–Kier alpha value is -2.63. The number of hydrogen-bond acceptors (Lipinski definition) is 5. The molecule has 6 heteroatoms. The normalized spacial score (nSPS) is 29.8. The van der Waals surface area contributed by atoms with Gasteiger partial charge in [0.25, 0.3) is 11.8 Å². The number of carbonyl (C=O) groups is 2. The smallest absolute Gasteiger partial charge is 0.254 e. The molecule has 0 unspecified atom stereocenters. The van der Waals surface area contributed by atoms with Crippen molar-refractivity contribution in [3.8, 4) is 11.5 Å². The number of rotatable bonds is 5. The van der Waals surface area contributed by atoms with E-state index in [4.69, 9.17) is 9.47 Å². The third kappa shape index (κ3) is 2.44. The number of hydrazone groups is 1. The van der Waals surface area contributed by atoms with Crippen LogP contribution in [0.5, 0.6) is 11.5 Å². The summed E-state index contributed by atoms with van der Waals surface area (Å²) in [5, 5.41) is 5.22. The number of benzene rings is 1. The molecule has 2 aliphatic carbocycles. The fourth-order valence-electron chi connectivity index (χ4n) is 4.17. The molecule has 1 heterocycles. The summed E-state index contributed by atoms with van der Waals surface area (Å²) in [6, 6.07) is 5.36. The molecular weight excluding hydrogens is 320 g/mol. The molecule has 2 amide bonds. The second kappa shape index (κ2) is 6.02. The van der Waals surface area contributed by atoms with Crippen LogP contribution >= 0.6 is 0 Å². The summed E-state index contributed by atoms with van der Waals surface area (Å²) in [7, 11) is 1.58. The minimum absolute atomic E-state index is 0.179. The van der Waals surface area contributed by atoms with Crippen molar-refractivity contribution in [1.82, 2.24) is 5.01 Å². The van der Waals surface area contributed by atoms with Gasteiger partial charge in [-0.05, 0) is 48.9 Å². The molecule has 6 nitrogen and oxygen atoms in total. The molecule has 1 saturated heterocycles. The van der Waals surface area contributed by atoms with Crippen molar-refractivity contribution < 1.29 is 19.1 Å². The summed E-state index contributed by atoms with van der Waals surface area (Å²) in [5.74, 6) is 0.804. The Morgan fingerprint density at radius 1 is 1.16 bits per heavy atom. The second-order valence-electron chi connectivity index (χ2n) is 6.58. The van der Waals surface area contributed by atoms with Crippen molar-refractivity contribution >= 4 is 18.0 Å². The maximum atomic E-state index is 12.6. The van der Waals surface area contributed by atoms with Crippen LogP contribution in [0, 0.1) is 23.7 Å². The third-order valence-corrected chi connectivity index (χ3v) is 5.26. The maximum absolute atomic E-state index is 12.6. The quantitative estimate of drug-likeness (QED) is 0.468. The zero-order valence-electron chi connectivity index (χ0n) is 14.2. The molecule has 1 saturated carbocycles. The average Bonchev–Trinajstić information content (AvgIpc) is 3.29. The molecule has 0 aromatic heterocycles. The Kier molecular flexibility index (Phi) is 3.82. The van der Waals surface area contributed by atoms with Gasteiger partial charge in [-0.3, -0.25) is 9.59 Å². The highest BCUT2D eigenvalue weighted by Gasteiger charge is 2.59. The summed E-state index contributed by atoms with van der Waals surface area (Å²) in [5.41, 5.74) is 0.739. The van der Waals surface area contributed by atoms with E-state index in [0.717, 1.165) is 17.0 Å². The topological polar surface area (TPSA) is 68.2 Å². The number of methoxy groups -OCH3 is 1. The standard InChI is InChI=1S/C19H20N2O4/c1-3-25-15-8-11(4-7-14(15)24-2)10-20-21-18(22)16-12-5-6-13(9-12)17(16)19(21)23/h4-8,10,12-13,16-17H,3,9H2,1-2H3/t12-,13-,16-,17+/m0/s1. The van der Waals surface area contributed by atoms with Gasteiger partial charge in [-0.2, -0.15) is 10.1 Å². The van der Waals surface area contributed by atoms with Gasteiger partial charge in [0, 0.05) is 0 Å². The Labute approximate surface area is 146 Å². The van der Waals surface area contributed by atoms with E-state index >= 15 is 0 Å². The molecule has 1 aromatic carbocycles. The molecule has 0 radical (unpaired) electrons. The van der Waals surface area contributed by atoms with E-state index < -0.39 is 0 Å². The maximum Gasteiger partial charge on any atom is 0.254 e. The Bertz CT molecular complexity index is 756. The molecule has 2 bridgehead atoms. The van der Waals surface area contributed by atoms with Gasteiger partial charge < -0.3 is 9.47 Å². The number of ether oxygens (including phenoxy) is 2. The highest BCUT2D eigenvalue weighted by molar-refractivity contribution is 6.06. The summed E-state index contributed by atoms with van der Waals surface area (Å²) >= 11 is 0. The molecule has 4 rings (SSSR count). The molecule has 0 N–H and O–H groups in total. The monoisotopic (exact) mass is 340 g/mol. The first kappa shape index (κ1) is 15.9. The lowest BCUT2D eigenvalue weighted by Crippen LogP contribution is -2.28. The number of fused-ring (bicyclic) bond motifs is 5. The van der Waals surface area contributed by atoms with Crippen LogP contribution in [0.4, 0.5) is 0 Å². The zero-order valence-corrected chi connectivity index (χ0v) is 14.2. The fraction of sp³-hybridized carbons (Fsp3) is 0.421. The number of allylic oxidation sites excluding steroid dienone is 2. The third-order valence-electron chi connectivity index (χ3n) is 5.26. The molecule has 1 aromatic rings. The minimum Gasteiger partial charge on any atom is -0.493 e. The van der Waals surface area contributed by atoms with Crippen LogP contribution in [0.1, 0.15) is 18.9 Å². The predicted molar refractivity (Wildman–Crippen MR) is 91.3 cm³/mol. The van der Waals surface area contributed by atoms with Crippen LogP contribution in [0.2, 0.25) is 0 Å². The van der Waals surface area contributed by atoms with Crippen molar-refractivity contribution in [2.24, 2.45) is 28.8 Å². The summed E-state index contributed by atoms with van der Waals surface area (Å²) in [6.07, 6.45) is 6.58. The zero-order chi connectivity index (χ0) is 17.6. The molecule has 25 heavy (non-hydrogen) atoms. The number of amides is 2. The van der Waals surface area contributed by atoms with Crippen LogP contribution in [-0.4, -0.2) is 36.8 Å². The van der Waals surface area contributed by atoms with Crippen molar-refractivity contribution in [3.63, 3.8) is 0 Å². The molecule has 4 atom stereocenters. The van der Waals surface area contributed by atoms with Crippen molar-refractivity contribution in [2.75, 3.05) is 13.7 Å². The number of nitrogens with zero attached hydrogens (tertiary/aromatic N) is 2. The Balaban J connectivity index is 1.56. The van der Waals surface area contributed by atoms with Gasteiger partial charge in [0.1, 0.15) is 0 Å². The van der Waals surface area contributed by atoms with Gasteiger partial charge in [0.15, 0.2) is 11.5 Å². The van der Waals surface area contributed by atoms with Crippen LogP contribution in [0.25, 0.3) is 0 Å². The van der Waals surface area contributed by atoms with Crippen molar-refractivity contribution in [2.45, 2.75) is 13.3 Å². The minimum atomic E-state index is -0.227. The first-order valence-electron chi connectivity index (χ1n) is 8.55. The van der Waals surface area contributed by atoms with E-state index in [1.807, 2.05) is 13.0 Å². The van der Waals surface area contributed by atoms with Crippen LogP contribution in [0.3, 0.4) is 0 Å². The van der Waals surface area contributed by atoms with Crippen molar-refractivity contribution in [3.05, 3.63) is 35.9 Å². The Morgan fingerprint density at radius 3 is 2.44 bits per heavy atom. The summed E-state index contributed by atoms with van der Waals surface area (Å²) in [4.78, 5) is 25.2. The lowest BCUT2D eigenvalue weighted by Gasteiger charge is -2.13. The second-order valence-corrected chi connectivity index (χ2v) is 6.58. The predicted octanol–water partition coefficient (Wildman–Crippen LogP) is 2.23. The van der Waals surface area contributed by atoms with Crippen molar-refractivity contribution in [1.29, 1.82) is 0 Å². The molecular formula is C19H20N2O4. The average molecular weight is 340 g/mol. The first-order chi connectivity index (χ1) is 12.1. The van der Waals surface area contributed by atoms with E-state index in [0.29, 0.717) is 18.1 Å². The van der Waals surface area contributed by atoms with Crippen LogP contribution in [-0.2, 0) is 9.59 Å². The van der Waals surface area contributed by atoms with Crippen LogP contribution < -0.4 is 9.47 Å². The largest absolute Gasteiger partial charge is 0.493 e. The lowest BCUT2D eigenvalue weighted by atomic mass is 9.85. The highest BCUT2D eigenvalue weighted by atomic mass is 16.5. The van der Waals surface area contributed by atoms with E-state index in [1.54, 1.807) is 19.2 Å². The molecule has 2 fully saturated rings. The molecule has 3 aliphatic rings. The first-order valence-corrected chi connectivity index (χ1v) is 8.55. The highest BCUT2D eigenvalue weighted by Crippen LogP contribution is 2.52. The lowest BCUT2D eigenvalue weighted by molar-refractivity contribution is -0.140. The summed E-state index contributed by atoms with van der Waals surface area (Å²) < 4.78 is 10.8. The van der Waals surface area contributed by atoms with Gasteiger partial charge >= 0.3 is 0 Å². The van der Waals surface area contributed by atoms with E-state index in [1.165, 1.54) is 6.21 Å². The molecule has 0 spiro atoms. The fourth-order valence-corrected chi connectivity index (χ4v) is 4.17. The Morgan fingerprint density at radius 2 is 1.84 bits per heavy atom. The molecule has 1 aliphatic heterocycles. The van der Waals surface area contributed by atoms with Gasteiger partial charge in [-0.1, -0.05) is 12.2 Å². The summed E-state index contributed by atoms with van der Waals surface area (Å²) in [6.45, 7) is 2.40. The van der Waals surface area contributed by atoms with Crippen LogP contribution in [0.15, 0.2) is 35.5 Å². The van der Waals surface area contributed by atoms with Gasteiger partial charge in [0.05, 0.1) is 31.8 Å². The van der Waals surface area contributed by atoms with Gasteiger partial charge in [0.2, 0.25) is 0 Å². The number of imide groups is 1. The SMILES string of the molecule is CCOc1cc(C=NN2C(=O)[C@@H]3[C@H](C2=O)[C@H]2C=C[C@H]3C2)ccc1OC. The number of carbonyl (C=O) groups excluding carboxylic acids is 2. The van der Waals surface area contributed by atoms with E-state index in [2.05, 4.69) is 17.3 Å². The molecule has 130 valence electrons. The number of hydrogen-bond donors (Lipinski definition) is 0. The van der Waals surface area contributed by atoms with E-state index in [9.17, 15) is 9.59 Å². The van der Waals surface area contributed by atoms with Gasteiger partial charge in [-0.25, -0.2) is 0 Å². The van der Waals surface area contributed by atoms with Gasteiger partial charge in [-0.15, -0.1) is 0 Å². The van der Waals surface area contributed by atoms with E-state index in [-0.39, 0.29) is 35.5 Å².